The number of nitrogens with zero attached hydrogens (tertiary/aromatic N) is 2. The highest BCUT2D eigenvalue weighted by atomic mass is 35.5. The topological polar surface area (TPSA) is 24.8 Å². The van der Waals surface area contributed by atoms with Gasteiger partial charge in [-0.05, 0) is 44.5 Å². The average molecular weight is 315 g/mol. The normalized spacial score (nSPS) is 17.7. The van der Waals surface area contributed by atoms with E-state index in [4.69, 9.17) is 9.73 Å². The first-order valence-electron chi connectivity index (χ1n) is 7.39. The van der Waals surface area contributed by atoms with E-state index in [-0.39, 0.29) is 17.9 Å². The molecule has 0 saturated carbocycles. The van der Waals surface area contributed by atoms with E-state index in [9.17, 15) is 0 Å². The predicted octanol–water partition coefficient (Wildman–Crippen LogP) is 5.32. The Morgan fingerprint density at radius 3 is 2.00 bits per heavy atom. The third kappa shape index (κ3) is 2.35. The van der Waals surface area contributed by atoms with Crippen LogP contribution in [-0.2, 0) is 0 Å². The van der Waals surface area contributed by atoms with E-state index in [1.165, 1.54) is 0 Å². The molecule has 0 fully saturated rings. The quantitative estimate of drug-likeness (QED) is 0.657. The molecule has 0 unspecified atom stereocenters. The summed E-state index contributed by atoms with van der Waals surface area (Å²) >= 11 is 0. The summed E-state index contributed by atoms with van der Waals surface area (Å²) in [4.78, 5) is 7.18. The van der Waals surface area contributed by atoms with E-state index >= 15 is 0 Å². The number of amidine groups is 1. The largest absolute Gasteiger partial charge is 0.453 e. The Morgan fingerprint density at radius 2 is 1.50 bits per heavy atom. The maximum atomic E-state index is 6.02. The van der Waals surface area contributed by atoms with E-state index in [0.717, 1.165) is 41.6 Å². The van der Waals surface area contributed by atoms with Crippen LogP contribution in [0, 0.1) is 0 Å². The number of para-hydroxylation sites is 4. The van der Waals surface area contributed by atoms with Crippen molar-refractivity contribution in [2.45, 2.75) is 32.2 Å². The number of hydrogen-bond acceptors (Lipinski definition) is 3. The molecule has 0 aromatic heterocycles. The highest BCUT2D eigenvalue weighted by Gasteiger charge is 2.33. The highest BCUT2D eigenvalue weighted by molar-refractivity contribution is 6.08. The van der Waals surface area contributed by atoms with Crippen LogP contribution < -0.4 is 9.64 Å². The van der Waals surface area contributed by atoms with Gasteiger partial charge in [-0.25, -0.2) is 0 Å². The lowest BCUT2D eigenvalue weighted by Crippen LogP contribution is -2.27. The molecule has 4 heteroatoms. The van der Waals surface area contributed by atoms with Crippen molar-refractivity contribution in [2.24, 2.45) is 4.99 Å². The van der Waals surface area contributed by atoms with Gasteiger partial charge >= 0.3 is 0 Å². The molecular formula is C18H19ClN2O. The number of halogens is 1. The molecule has 2 aliphatic rings. The molecule has 114 valence electrons. The molecular weight excluding hydrogens is 296 g/mol. The van der Waals surface area contributed by atoms with E-state index in [0.29, 0.717) is 0 Å². The van der Waals surface area contributed by atoms with Gasteiger partial charge in [0.15, 0.2) is 11.5 Å². The first-order chi connectivity index (χ1) is 10.1. The molecule has 4 rings (SSSR count). The average Bonchev–Trinajstić information content (AvgIpc) is 2.84. The third-order valence-electron chi connectivity index (χ3n) is 4.08. The Bertz CT molecular complexity index is 694. The number of hydrogen-bond donors (Lipinski definition) is 0. The van der Waals surface area contributed by atoms with Crippen LogP contribution in [-0.4, -0.2) is 11.4 Å². The molecule has 3 nitrogen and oxygen atoms in total. The lowest BCUT2D eigenvalue weighted by Gasteiger charge is -2.32. The SMILES string of the molecule is CC1(C)CCC(N2c3ccccc3Oc3ccccc32)=N1.Cl. The second-order valence-electron chi connectivity index (χ2n) is 6.21. The number of fused-ring (bicyclic) bond motifs is 2. The van der Waals surface area contributed by atoms with Gasteiger partial charge in [0.05, 0.1) is 16.9 Å². The number of benzene rings is 2. The predicted molar refractivity (Wildman–Crippen MR) is 93.1 cm³/mol. The van der Waals surface area contributed by atoms with Gasteiger partial charge < -0.3 is 4.74 Å². The lowest BCUT2D eigenvalue weighted by atomic mass is 10.0. The first-order valence-corrected chi connectivity index (χ1v) is 7.39. The molecule has 0 saturated heterocycles. The zero-order valence-electron chi connectivity index (χ0n) is 12.7. The molecule has 0 N–H and O–H groups in total. The fourth-order valence-corrected chi connectivity index (χ4v) is 3.02. The fourth-order valence-electron chi connectivity index (χ4n) is 3.02. The molecule has 2 aliphatic heterocycles. The number of ether oxygens (including phenoxy) is 1. The standard InChI is InChI=1S/C18H18N2O.ClH/c1-18(2)12-11-17(19-18)20-13-7-3-5-9-15(13)21-16-10-6-4-8-14(16)20;/h3-10H,11-12H2,1-2H3;1H. The summed E-state index contributed by atoms with van der Waals surface area (Å²) in [5.41, 5.74) is 2.18. The number of rotatable bonds is 0. The van der Waals surface area contributed by atoms with Crippen LogP contribution in [0.25, 0.3) is 0 Å². The van der Waals surface area contributed by atoms with Crippen molar-refractivity contribution in [3.63, 3.8) is 0 Å². The minimum absolute atomic E-state index is 0. The van der Waals surface area contributed by atoms with Gasteiger partial charge in [0.2, 0.25) is 0 Å². The van der Waals surface area contributed by atoms with Gasteiger partial charge in [-0.2, -0.15) is 0 Å². The highest BCUT2D eigenvalue weighted by Crippen LogP contribution is 2.47. The Labute approximate surface area is 137 Å². The van der Waals surface area contributed by atoms with Crippen LogP contribution in [0.5, 0.6) is 11.5 Å². The molecule has 22 heavy (non-hydrogen) atoms. The van der Waals surface area contributed by atoms with E-state index in [1.807, 2.05) is 36.4 Å². The second kappa shape index (κ2) is 5.33. The Kier molecular flexibility index (Phi) is 3.61. The van der Waals surface area contributed by atoms with Crippen molar-refractivity contribution >= 4 is 29.6 Å². The fraction of sp³-hybridized carbons (Fsp3) is 0.278. The summed E-state index contributed by atoms with van der Waals surface area (Å²) in [7, 11) is 0. The molecule has 2 heterocycles. The van der Waals surface area contributed by atoms with Crippen molar-refractivity contribution in [2.75, 3.05) is 4.90 Å². The molecule has 2 aromatic carbocycles. The number of anilines is 2. The first kappa shape index (κ1) is 14.9. The summed E-state index contributed by atoms with van der Waals surface area (Å²) < 4.78 is 6.02. The van der Waals surface area contributed by atoms with Crippen LogP contribution in [0.15, 0.2) is 53.5 Å². The zero-order chi connectivity index (χ0) is 14.4. The van der Waals surface area contributed by atoms with Crippen molar-refractivity contribution < 1.29 is 4.74 Å². The van der Waals surface area contributed by atoms with Crippen molar-refractivity contribution in [3.8, 4) is 11.5 Å². The molecule has 0 amide bonds. The van der Waals surface area contributed by atoms with Crippen molar-refractivity contribution in [3.05, 3.63) is 48.5 Å². The molecule has 0 aliphatic carbocycles. The molecule has 0 radical (unpaired) electrons. The van der Waals surface area contributed by atoms with Crippen LogP contribution >= 0.6 is 12.4 Å². The maximum absolute atomic E-state index is 6.02. The van der Waals surface area contributed by atoms with Crippen LogP contribution in [0.2, 0.25) is 0 Å². The smallest absolute Gasteiger partial charge is 0.151 e. The molecule has 0 atom stereocenters. The Hall–Kier alpha value is -2.00. The maximum Gasteiger partial charge on any atom is 0.151 e. The number of aliphatic imine (C=N–C) groups is 1. The summed E-state index contributed by atoms with van der Waals surface area (Å²) in [6.07, 6.45) is 2.08. The zero-order valence-corrected chi connectivity index (χ0v) is 13.6. The van der Waals surface area contributed by atoms with Crippen LogP contribution in [0.3, 0.4) is 0 Å². The van der Waals surface area contributed by atoms with Crippen LogP contribution in [0.1, 0.15) is 26.7 Å². The van der Waals surface area contributed by atoms with E-state index in [2.05, 4.69) is 30.9 Å². The van der Waals surface area contributed by atoms with Gasteiger partial charge in [-0.15, -0.1) is 12.4 Å². The minimum Gasteiger partial charge on any atom is -0.453 e. The van der Waals surface area contributed by atoms with Gasteiger partial charge in [0.1, 0.15) is 5.84 Å². The second-order valence-corrected chi connectivity index (χ2v) is 6.21. The molecule has 0 bridgehead atoms. The Balaban J connectivity index is 0.00000144. The van der Waals surface area contributed by atoms with E-state index < -0.39 is 0 Å². The summed E-state index contributed by atoms with van der Waals surface area (Å²) in [6, 6.07) is 16.3. The molecule has 0 spiro atoms. The van der Waals surface area contributed by atoms with Gasteiger partial charge in [-0.3, -0.25) is 9.89 Å². The van der Waals surface area contributed by atoms with Crippen molar-refractivity contribution in [1.82, 2.24) is 0 Å². The Morgan fingerprint density at radius 1 is 0.955 bits per heavy atom. The monoisotopic (exact) mass is 314 g/mol. The minimum atomic E-state index is 0. The van der Waals surface area contributed by atoms with Crippen molar-refractivity contribution in [1.29, 1.82) is 0 Å². The third-order valence-corrected chi connectivity index (χ3v) is 4.08. The summed E-state index contributed by atoms with van der Waals surface area (Å²) in [5.74, 6) is 2.91. The van der Waals surface area contributed by atoms with Gasteiger partial charge in [-0.1, -0.05) is 24.3 Å². The molecule has 2 aromatic rings. The summed E-state index contributed by atoms with van der Waals surface area (Å²) in [5, 5.41) is 0. The van der Waals surface area contributed by atoms with Crippen LogP contribution in [0.4, 0.5) is 11.4 Å². The van der Waals surface area contributed by atoms with Gasteiger partial charge in [0.25, 0.3) is 0 Å². The lowest BCUT2D eigenvalue weighted by molar-refractivity contribution is 0.477. The van der Waals surface area contributed by atoms with Gasteiger partial charge in [0, 0.05) is 6.42 Å². The van der Waals surface area contributed by atoms with E-state index in [1.54, 1.807) is 0 Å². The summed E-state index contributed by atoms with van der Waals surface area (Å²) in [6.45, 7) is 4.39.